The maximum Gasteiger partial charge on any atom is 0.311 e. The SMILES string of the molecule is CCOC(=O)Cc1csc(SCC(=O)NCc2ccc(Cl)cc2)n1. The van der Waals surface area contributed by atoms with E-state index in [0.29, 0.717) is 23.9 Å². The van der Waals surface area contributed by atoms with Crippen molar-refractivity contribution in [3.63, 3.8) is 0 Å². The van der Waals surface area contributed by atoms with E-state index in [9.17, 15) is 9.59 Å². The minimum Gasteiger partial charge on any atom is -0.466 e. The van der Waals surface area contributed by atoms with Gasteiger partial charge in [0.15, 0.2) is 4.34 Å². The maximum absolute atomic E-state index is 11.9. The first-order valence-corrected chi connectivity index (χ1v) is 9.55. The molecule has 1 N–H and O–H groups in total. The number of halogens is 1. The van der Waals surface area contributed by atoms with Crippen molar-refractivity contribution in [1.29, 1.82) is 0 Å². The number of esters is 1. The second-order valence-electron chi connectivity index (χ2n) is 4.78. The van der Waals surface area contributed by atoms with Crippen molar-refractivity contribution in [3.8, 4) is 0 Å². The van der Waals surface area contributed by atoms with Crippen molar-refractivity contribution < 1.29 is 14.3 Å². The summed E-state index contributed by atoms with van der Waals surface area (Å²) in [7, 11) is 0. The predicted molar refractivity (Wildman–Crippen MR) is 96.5 cm³/mol. The third-order valence-electron chi connectivity index (χ3n) is 2.89. The number of benzene rings is 1. The van der Waals surface area contributed by atoms with Crippen LogP contribution in [-0.4, -0.2) is 29.2 Å². The predicted octanol–water partition coefficient (Wildman–Crippen LogP) is 3.31. The fourth-order valence-corrected chi connectivity index (χ4v) is 3.58. The standard InChI is InChI=1S/C16H17ClN2O3S2/c1-2-22-15(21)7-13-9-23-16(19-13)24-10-14(20)18-8-11-3-5-12(17)6-4-11/h3-6,9H,2,7-8,10H2,1H3,(H,18,20). The molecule has 8 heteroatoms. The summed E-state index contributed by atoms with van der Waals surface area (Å²) in [6.45, 7) is 2.59. The number of carbonyl (C=O) groups excluding carboxylic acids is 2. The Bertz CT molecular complexity index is 689. The van der Waals surface area contributed by atoms with Gasteiger partial charge in [0.1, 0.15) is 0 Å². The monoisotopic (exact) mass is 384 g/mol. The Hall–Kier alpha value is -1.57. The van der Waals surface area contributed by atoms with Crippen molar-refractivity contribution >= 4 is 46.6 Å². The molecule has 0 aliphatic rings. The third kappa shape index (κ3) is 6.51. The van der Waals surface area contributed by atoms with Crippen LogP contribution in [0.5, 0.6) is 0 Å². The van der Waals surface area contributed by atoms with Gasteiger partial charge in [0, 0.05) is 16.9 Å². The molecule has 0 saturated carbocycles. The summed E-state index contributed by atoms with van der Waals surface area (Å²) in [6.07, 6.45) is 0.160. The molecule has 2 rings (SSSR count). The van der Waals surface area contributed by atoms with E-state index in [1.54, 1.807) is 19.1 Å². The fourth-order valence-electron chi connectivity index (χ4n) is 1.78. The van der Waals surface area contributed by atoms with Gasteiger partial charge in [-0.05, 0) is 24.6 Å². The highest BCUT2D eigenvalue weighted by Gasteiger charge is 2.10. The van der Waals surface area contributed by atoms with Crippen LogP contribution in [0, 0.1) is 0 Å². The summed E-state index contributed by atoms with van der Waals surface area (Å²) in [5.74, 6) is -0.0860. The minimum absolute atomic E-state index is 0.0721. The summed E-state index contributed by atoms with van der Waals surface area (Å²) >= 11 is 8.58. The number of amides is 1. The fraction of sp³-hybridized carbons (Fsp3) is 0.312. The molecule has 24 heavy (non-hydrogen) atoms. The average Bonchev–Trinajstić information content (AvgIpc) is 3.00. The van der Waals surface area contributed by atoms with Gasteiger partial charge in [-0.3, -0.25) is 9.59 Å². The number of ether oxygens (including phenoxy) is 1. The highest BCUT2D eigenvalue weighted by molar-refractivity contribution is 8.01. The number of nitrogens with zero attached hydrogens (tertiary/aromatic N) is 1. The lowest BCUT2D eigenvalue weighted by Crippen LogP contribution is -2.24. The van der Waals surface area contributed by atoms with E-state index < -0.39 is 0 Å². The average molecular weight is 385 g/mol. The van der Waals surface area contributed by atoms with Gasteiger partial charge < -0.3 is 10.1 Å². The van der Waals surface area contributed by atoms with Gasteiger partial charge in [-0.2, -0.15) is 0 Å². The van der Waals surface area contributed by atoms with Crippen LogP contribution in [-0.2, 0) is 27.3 Å². The largest absolute Gasteiger partial charge is 0.466 e. The lowest BCUT2D eigenvalue weighted by atomic mass is 10.2. The Morgan fingerprint density at radius 2 is 2.08 bits per heavy atom. The number of hydrogen-bond acceptors (Lipinski definition) is 6. The summed E-state index contributed by atoms with van der Waals surface area (Å²) in [4.78, 5) is 27.6. The molecule has 0 fully saturated rings. The molecule has 0 saturated heterocycles. The Labute approximate surface area is 153 Å². The number of aromatic nitrogens is 1. The van der Waals surface area contributed by atoms with E-state index in [2.05, 4.69) is 10.3 Å². The van der Waals surface area contributed by atoms with Crippen LogP contribution >= 0.6 is 34.7 Å². The molecule has 5 nitrogen and oxygen atoms in total. The number of nitrogens with one attached hydrogen (secondary N) is 1. The number of hydrogen-bond donors (Lipinski definition) is 1. The summed E-state index contributed by atoms with van der Waals surface area (Å²) in [5.41, 5.74) is 1.66. The minimum atomic E-state index is -0.292. The summed E-state index contributed by atoms with van der Waals surface area (Å²) in [5, 5.41) is 5.32. The smallest absolute Gasteiger partial charge is 0.311 e. The van der Waals surface area contributed by atoms with Crippen LogP contribution in [0.3, 0.4) is 0 Å². The lowest BCUT2D eigenvalue weighted by molar-refractivity contribution is -0.142. The van der Waals surface area contributed by atoms with Crippen LogP contribution in [0.2, 0.25) is 5.02 Å². The van der Waals surface area contributed by atoms with E-state index in [0.717, 1.165) is 9.90 Å². The van der Waals surface area contributed by atoms with Crippen LogP contribution < -0.4 is 5.32 Å². The Morgan fingerprint density at radius 1 is 1.33 bits per heavy atom. The summed E-state index contributed by atoms with van der Waals surface area (Å²) in [6, 6.07) is 7.33. The first kappa shape index (κ1) is 18.8. The van der Waals surface area contributed by atoms with Gasteiger partial charge >= 0.3 is 5.97 Å². The molecule has 0 atom stereocenters. The zero-order chi connectivity index (χ0) is 17.4. The first-order chi connectivity index (χ1) is 11.6. The summed E-state index contributed by atoms with van der Waals surface area (Å²) < 4.78 is 5.64. The van der Waals surface area contributed by atoms with Crippen molar-refractivity contribution in [2.24, 2.45) is 0 Å². The molecular weight excluding hydrogens is 368 g/mol. The van der Waals surface area contributed by atoms with Crippen LogP contribution in [0.1, 0.15) is 18.2 Å². The molecule has 0 radical (unpaired) electrons. The zero-order valence-electron chi connectivity index (χ0n) is 13.1. The lowest BCUT2D eigenvalue weighted by Gasteiger charge is -2.04. The van der Waals surface area contributed by atoms with Crippen molar-refractivity contribution in [1.82, 2.24) is 10.3 Å². The Morgan fingerprint density at radius 3 is 2.79 bits per heavy atom. The number of rotatable bonds is 8. The quantitative estimate of drug-likeness (QED) is 0.558. The third-order valence-corrected chi connectivity index (χ3v) is 5.21. The topological polar surface area (TPSA) is 68.3 Å². The highest BCUT2D eigenvalue weighted by atomic mass is 35.5. The van der Waals surface area contributed by atoms with Crippen LogP contribution in [0.15, 0.2) is 34.0 Å². The molecule has 1 heterocycles. The molecule has 1 aromatic heterocycles. The second kappa shape index (κ2) is 9.66. The number of thiazole rings is 1. The van der Waals surface area contributed by atoms with Gasteiger partial charge in [0.05, 0.1) is 24.5 Å². The second-order valence-corrected chi connectivity index (χ2v) is 7.30. The molecular formula is C16H17ClN2O3S2. The van der Waals surface area contributed by atoms with Crippen LogP contribution in [0.4, 0.5) is 0 Å². The van der Waals surface area contributed by atoms with E-state index >= 15 is 0 Å². The van der Waals surface area contributed by atoms with Crippen molar-refractivity contribution in [2.75, 3.05) is 12.4 Å². The van der Waals surface area contributed by atoms with E-state index in [4.69, 9.17) is 16.3 Å². The molecule has 1 amide bonds. The Balaban J connectivity index is 1.72. The maximum atomic E-state index is 11.9. The first-order valence-electron chi connectivity index (χ1n) is 7.30. The van der Waals surface area contributed by atoms with Crippen LogP contribution in [0.25, 0.3) is 0 Å². The van der Waals surface area contributed by atoms with Crippen molar-refractivity contribution in [2.45, 2.75) is 24.2 Å². The molecule has 128 valence electrons. The molecule has 1 aromatic carbocycles. The molecule has 0 bridgehead atoms. The Kier molecular flexibility index (Phi) is 7.55. The molecule has 0 unspecified atom stereocenters. The molecule has 2 aromatic rings. The molecule has 0 aliphatic carbocycles. The van der Waals surface area contributed by atoms with Gasteiger partial charge in [-0.25, -0.2) is 4.98 Å². The van der Waals surface area contributed by atoms with Gasteiger partial charge in [0.2, 0.25) is 5.91 Å². The number of carbonyl (C=O) groups is 2. The molecule has 0 spiro atoms. The van der Waals surface area contributed by atoms with E-state index in [1.807, 2.05) is 17.5 Å². The van der Waals surface area contributed by atoms with Gasteiger partial charge in [0.25, 0.3) is 0 Å². The number of thioether (sulfide) groups is 1. The highest BCUT2D eigenvalue weighted by Crippen LogP contribution is 2.22. The normalized spacial score (nSPS) is 10.4. The van der Waals surface area contributed by atoms with E-state index in [-0.39, 0.29) is 24.1 Å². The molecule has 0 aliphatic heterocycles. The van der Waals surface area contributed by atoms with E-state index in [1.165, 1.54) is 23.1 Å². The van der Waals surface area contributed by atoms with Gasteiger partial charge in [-0.1, -0.05) is 35.5 Å². The van der Waals surface area contributed by atoms with Gasteiger partial charge in [-0.15, -0.1) is 11.3 Å². The van der Waals surface area contributed by atoms with Crippen molar-refractivity contribution in [3.05, 3.63) is 45.9 Å². The zero-order valence-corrected chi connectivity index (χ0v) is 15.5.